The fraction of sp³-hybridized carbons (Fsp3) is 0.118. The summed E-state index contributed by atoms with van der Waals surface area (Å²) in [5.74, 6) is 0.647. The molecule has 0 bridgehead atoms. The van der Waals surface area contributed by atoms with Gasteiger partial charge in [-0.3, -0.25) is 4.98 Å². The van der Waals surface area contributed by atoms with E-state index in [4.69, 9.17) is 0 Å². The molecule has 3 aromatic heterocycles. The molecule has 22 heavy (non-hydrogen) atoms. The summed E-state index contributed by atoms with van der Waals surface area (Å²) in [6.45, 7) is 2.00. The van der Waals surface area contributed by atoms with Crippen LogP contribution in [0.5, 0.6) is 0 Å². The highest BCUT2D eigenvalue weighted by Gasteiger charge is 2.08. The van der Waals surface area contributed by atoms with Gasteiger partial charge in [-0.2, -0.15) is 0 Å². The Balaban J connectivity index is 1.94. The van der Waals surface area contributed by atoms with E-state index in [0.29, 0.717) is 5.95 Å². The van der Waals surface area contributed by atoms with Crippen LogP contribution in [0, 0.1) is 6.92 Å². The molecule has 0 atom stereocenters. The average Bonchev–Trinajstić information content (AvgIpc) is 2.98. The number of hydrogen-bond donors (Lipinski definition) is 1. The van der Waals surface area contributed by atoms with Gasteiger partial charge in [-0.25, -0.2) is 9.97 Å². The van der Waals surface area contributed by atoms with E-state index in [0.717, 1.165) is 33.3 Å². The Hall–Kier alpha value is -2.95. The van der Waals surface area contributed by atoms with Gasteiger partial charge in [-0.15, -0.1) is 0 Å². The van der Waals surface area contributed by atoms with Gasteiger partial charge in [0.1, 0.15) is 0 Å². The van der Waals surface area contributed by atoms with Crippen molar-refractivity contribution in [2.24, 2.45) is 0 Å². The topological polar surface area (TPSA) is 55.6 Å². The molecule has 5 nitrogen and oxygen atoms in total. The van der Waals surface area contributed by atoms with Gasteiger partial charge in [-0.1, -0.05) is 0 Å². The lowest BCUT2D eigenvalue weighted by Gasteiger charge is -2.09. The summed E-state index contributed by atoms with van der Waals surface area (Å²) < 4.78 is 2.13. The van der Waals surface area contributed by atoms with Crippen LogP contribution < -0.4 is 5.32 Å². The lowest BCUT2D eigenvalue weighted by molar-refractivity contribution is 1.11. The van der Waals surface area contributed by atoms with Gasteiger partial charge >= 0.3 is 0 Å². The minimum Gasteiger partial charge on any atom is -0.357 e. The van der Waals surface area contributed by atoms with E-state index < -0.39 is 0 Å². The maximum absolute atomic E-state index is 4.50. The summed E-state index contributed by atoms with van der Waals surface area (Å²) >= 11 is 0. The molecule has 0 amide bonds. The van der Waals surface area contributed by atoms with E-state index >= 15 is 0 Å². The van der Waals surface area contributed by atoms with Crippen molar-refractivity contribution in [1.82, 2.24) is 19.5 Å². The molecule has 0 spiro atoms. The van der Waals surface area contributed by atoms with E-state index in [9.17, 15) is 0 Å². The van der Waals surface area contributed by atoms with E-state index in [1.165, 1.54) is 0 Å². The number of aryl methyl sites for hydroxylation is 1. The number of nitrogens with zero attached hydrogens (tertiary/aromatic N) is 4. The van der Waals surface area contributed by atoms with Gasteiger partial charge < -0.3 is 9.88 Å². The van der Waals surface area contributed by atoms with Gasteiger partial charge in [0.25, 0.3) is 0 Å². The minimum atomic E-state index is 0.647. The van der Waals surface area contributed by atoms with Gasteiger partial charge in [0.15, 0.2) is 0 Å². The smallest absolute Gasteiger partial charge is 0.223 e. The summed E-state index contributed by atoms with van der Waals surface area (Å²) in [7, 11) is 1.83. The van der Waals surface area contributed by atoms with E-state index in [1.807, 2.05) is 44.6 Å². The monoisotopic (exact) mass is 289 g/mol. The van der Waals surface area contributed by atoms with Crippen LogP contribution in [0.4, 0.5) is 5.95 Å². The van der Waals surface area contributed by atoms with E-state index in [-0.39, 0.29) is 0 Å². The van der Waals surface area contributed by atoms with Crippen molar-refractivity contribution in [3.05, 3.63) is 54.5 Å². The summed E-state index contributed by atoms with van der Waals surface area (Å²) in [6.07, 6.45) is 3.85. The first-order chi connectivity index (χ1) is 10.8. The second kappa shape index (κ2) is 4.80. The fourth-order valence-electron chi connectivity index (χ4n) is 2.72. The Morgan fingerprint density at radius 2 is 1.95 bits per heavy atom. The second-order valence-electron chi connectivity index (χ2n) is 5.18. The largest absolute Gasteiger partial charge is 0.357 e. The zero-order valence-electron chi connectivity index (χ0n) is 12.4. The molecular formula is C17H15N5. The quantitative estimate of drug-likeness (QED) is 0.615. The average molecular weight is 289 g/mol. The molecule has 0 fully saturated rings. The van der Waals surface area contributed by atoms with Crippen molar-refractivity contribution in [3.8, 4) is 5.69 Å². The SMILES string of the molecule is CNc1nc(C)c2cc(-n3ccc4ncccc43)ccc2n1. The third-order valence-corrected chi connectivity index (χ3v) is 3.83. The Labute approximate surface area is 127 Å². The minimum absolute atomic E-state index is 0.647. The van der Waals surface area contributed by atoms with E-state index in [2.05, 4.69) is 43.0 Å². The van der Waals surface area contributed by atoms with Crippen LogP contribution in [0.15, 0.2) is 48.8 Å². The number of aromatic nitrogens is 4. The van der Waals surface area contributed by atoms with Crippen LogP contribution in [0.2, 0.25) is 0 Å². The van der Waals surface area contributed by atoms with Crippen molar-refractivity contribution in [1.29, 1.82) is 0 Å². The summed E-state index contributed by atoms with van der Waals surface area (Å²) in [6, 6.07) is 12.3. The fourth-order valence-corrected chi connectivity index (χ4v) is 2.72. The molecule has 4 rings (SSSR count). The van der Waals surface area contributed by atoms with Crippen LogP contribution in [-0.2, 0) is 0 Å². The third kappa shape index (κ3) is 1.90. The molecule has 4 aromatic rings. The molecule has 0 aliphatic rings. The summed E-state index contributed by atoms with van der Waals surface area (Å²) in [5.41, 5.74) is 5.06. The lowest BCUT2D eigenvalue weighted by atomic mass is 10.1. The predicted molar refractivity (Wildman–Crippen MR) is 88.4 cm³/mol. The normalized spacial score (nSPS) is 11.2. The Kier molecular flexibility index (Phi) is 2.79. The standard InChI is InChI=1S/C17H15N5/c1-11-13-10-12(5-6-14(13)21-17(18-2)20-11)22-9-7-15-16(22)4-3-8-19-15/h3-10H,1-2H3,(H,18,20,21). The molecule has 1 aromatic carbocycles. The Morgan fingerprint density at radius 3 is 2.82 bits per heavy atom. The highest BCUT2D eigenvalue weighted by molar-refractivity contribution is 5.85. The van der Waals surface area contributed by atoms with Crippen molar-refractivity contribution in [2.45, 2.75) is 6.92 Å². The number of fused-ring (bicyclic) bond motifs is 2. The lowest BCUT2D eigenvalue weighted by Crippen LogP contribution is -2.00. The van der Waals surface area contributed by atoms with Crippen LogP contribution >= 0.6 is 0 Å². The highest BCUT2D eigenvalue weighted by atomic mass is 15.1. The zero-order chi connectivity index (χ0) is 15.1. The summed E-state index contributed by atoms with van der Waals surface area (Å²) in [4.78, 5) is 13.3. The molecule has 0 radical (unpaired) electrons. The highest BCUT2D eigenvalue weighted by Crippen LogP contribution is 2.24. The summed E-state index contributed by atoms with van der Waals surface area (Å²) in [5, 5.41) is 4.05. The molecule has 0 saturated heterocycles. The number of anilines is 1. The van der Waals surface area contributed by atoms with Gasteiger partial charge in [0.2, 0.25) is 5.95 Å². The molecular weight excluding hydrogens is 274 g/mol. The number of benzene rings is 1. The first-order valence-corrected chi connectivity index (χ1v) is 7.15. The maximum atomic E-state index is 4.50. The molecule has 0 saturated carbocycles. The van der Waals surface area contributed by atoms with Crippen LogP contribution in [-0.4, -0.2) is 26.6 Å². The molecule has 1 N–H and O–H groups in total. The van der Waals surface area contributed by atoms with Crippen molar-refractivity contribution >= 4 is 27.9 Å². The molecule has 0 aliphatic carbocycles. The number of hydrogen-bond acceptors (Lipinski definition) is 4. The molecule has 0 unspecified atom stereocenters. The predicted octanol–water partition coefficient (Wildman–Crippen LogP) is 3.32. The van der Waals surface area contributed by atoms with Gasteiger partial charge in [-0.05, 0) is 43.3 Å². The van der Waals surface area contributed by atoms with Crippen LogP contribution in [0.3, 0.4) is 0 Å². The Morgan fingerprint density at radius 1 is 1.05 bits per heavy atom. The number of pyridine rings is 1. The zero-order valence-corrected chi connectivity index (χ0v) is 12.4. The second-order valence-corrected chi connectivity index (χ2v) is 5.18. The Bertz CT molecular complexity index is 987. The molecule has 3 heterocycles. The first kappa shape index (κ1) is 12.8. The van der Waals surface area contributed by atoms with Crippen LogP contribution in [0.25, 0.3) is 27.6 Å². The third-order valence-electron chi connectivity index (χ3n) is 3.83. The van der Waals surface area contributed by atoms with Crippen LogP contribution in [0.1, 0.15) is 5.69 Å². The van der Waals surface area contributed by atoms with Crippen molar-refractivity contribution in [3.63, 3.8) is 0 Å². The molecule has 108 valence electrons. The molecule has 0 aliphatic heterocycles. The number of nitrogens with one attached hydrogen (secondary N) is 1. The maximum Gasteiger partial charge on any atom is 0.223 e. The number of rotatable bonds is 2. The first-order valence-electron chi connectivity index (χ1n) is 7.15. The van der Waals surface area contributed by atoms with Crippen molar-refractivity contribution in [2.75, 3.05) is 12.4 Å². The van der Waals surface area contributed by atoms with Crippen molar-refractivity contribution < 1.29 is 0 Å². The van der Waals surface area contributed by atoms with Gasteiger partial charge in [0.05, 0.1) is 22.2 Å². The van der Waals surface area contributed by atoms with E-state index in [1.54, 1.807) is 0 Å². The molecule has 5 heteroatoms. The van der Waals surface area contributed by atoms with Gasteiger partial charge in [0, 0.05) is 30.5 Å².